The van der Waals surface area contributed by atoms with E-state index < -0.39 is 0 Å². The average Bonchev–Trinajstić information content (AvgIpc) is 2.58. The van der Waals surface area contributed by atoms with Crippen molar-refractivity contribution in [1.29, 1.82) is 5.26 Å². The molecule has 1 aliphatic carbocycles. The molecular formula is C22H27N3. The molecule has 25 heavy (non-hydrogen) atoms. The summed E-state index contributed by atoms with van der Waals surface area (Å²) in [6, 6.07) is 12.6. The second kappa shape index (κ2) is 7.27. The highest BCUT2D eigenvalue weighted by atomic mass is 15.2. The van der Waals surface area contributed by atoms with Gasteiger partial charge in [-0.2, -0.15) is 5.26 Å². The highest BCUT2D eigenvalue weighted by Crippen LogP contribution is 2.54. The first-order valence-electron chi connectivity index (χ1n) is 9.32. The van der Waals surface area contributed by atoms with Crippen LogP contribution in [0.1, 0.15) is 43.4 Å². The van der Waals surface area contributed by atoms with Crippen molar-refractivity contribution in [2.24, 2.45) is 11.3 Å². The standard InChI is InChI=1S/C20H21N3.C2H6/c1-15-4-5-18(11-21)19(7-15)23-13-20(14-23)9-17(10-20)8-16-3-2-6-22-12-16;1-2/h2-7,12,17H,8-10,13-14H2,1H3;1-2H3. The third-order valence-corrected chi connectivity index (χ3v) is 5.36. The monoisotopic (exact) mass is 333 g/mol. The molecule has 130 valence electrons. The normalized spacial score (nSPS) is 17.8. The van der Waals surface area contributed by atoms with Crippen molar-refractivity contribution in [2.75, 3.05) is 18.0 Å². The maximum atomic E-state index is 9.30. The lowest BCUT2D eigenvalue weighted by Gasteiger charge is -2.60. The summed E-state index contributed by atoms with van der Waals surface area (Å²) in [5, 5.41) is 9.30. The minimum Gasteiger partial charge on any atom is -0.369 e. The molecule has 3 nitrogen and oxygen atoms in total. The zero-order valence-electron chi connectivity index (χ0n) is 15.5. The molecule has 1 aromatic carbocycles. The first-order chi connectivity index (χ1) is 12.2. The Morgan fingerprint density at radius 3 is 2.64 bits per heavy atom. The van der Waals surface area contributed by atoms with Gasteiger partial charge in [0.15, 0.2) is 0 Å². The third kappa shape index (κ3) is 3.54. The number of aryl methyl sites for hydroxylation is 1. The third-order valence-electron chi connectivity index (χ3n) is 5.36. The number of anilines is 1. The number of nitrogens with zero attached hydrogens (tertiary/aromatic N) is 3. The van der Waals surface area contributed by atoms with Crippen molar-refractivity contribution in [1.82, 2.24) is 4.98 Å². The van der Waals surface area contributed by atoms with Gasteiger partial charge in [0.05, 0.1) is 11.3 Å². The SMILES string of the molecule is CC.Cc1ccc(C#N)c(N2CC3(CC(Cc4cccnc4)C3)C2)c1. The van der Waals surface area contributed by atoms with E-state index in [1.165, 1.54) is 24.0 Å². The van der Waals surface area contributed by atoms with Crippen molar-refractivity contribution in [3.05, 3.63) is 59.4 Å². The lowest BCUT2D eigenvalue weighted by atomic mass is 9.56. The van der Waals surface area contributed by atoms with Crippen LogP contribution in [0.15, 0.2) is 42.7 Å². The van der Waals surface area contributed by atoms with Gasteiger partial charge >= 0.3 is 0 Å². The molecule has 1 saturated heterocycles. The second-order valence-electron chi connectivity index (χ2n) is 7.33. The molecule has 0 bridgehead atoms. The summed E-state index contributed by atoms with van der Waals surface area (Å²) in [5.74, 6) is 0.800. The fourth-order valence-electron chi connectivity index (χ4n) is 4.35. The van der Waals surface area contributed by atoms with Crippen molar-refractivity contribution >= 4 is 5.69 Å². The zero-order chi connectivity index (χ0) is 17.9. The van der Waals surface area contributed by atoms with Crippen LogP contribution in [0.5, 0.6) is 0 Å². The van der Waals surface area contributed by atoms with E-state index in [1.807, 2.05) is 44.4 Å². The fourth-order valence-corrected chi connectivity index (χ4v) is 4.35. The van der Waals surface area contributed by atoms with Crippen LogP contribution >= 0.6 is 0 Å². The van der Waals surface area contributed by atoms with Crippen LogP contribution < -0.4 is 4.90 Å². The van der Waals surface area contributed by atoms with Gasteiger partial charge < -0.3 is 4.90 Å². The molecule has 1 aromatic heterocycles. The van der Waals surface area contributed by atoms with Crippen LogP contribution in [0.2, 0.25) is 0 Å². The van der Waals surface area contributed by atoms with Gasteiger partial charge in [-0.25, -0.2) is 0 Å². The Bertz CT molecular complexity index is 747. The molecule has 1 aliphatic heterocycles. The first kappa shape index (κ1) is 17.5. The lowest BCUT2D eigenvalue weighted by Crippen LogP contribution is -2.62. The molecule has 0 N–H and O–H groups in total. The molecule has 2 aliphatic rings. The highest BCUT2D eigenvalue weighted by Gasteiger charge is 2.52. The minimum atomic E-state index is 0.503. The molecular weight excluding hydrogens is 306 g/mol. The topological polar surface area (TPSA) is 39.9 Å². The van der Waals surface area contributed by atoms with Gasteiger partial charge in [-0.1, -0.05) is 26.0 Å². The van der Waals surface area contributed by atoms with E-state index in [-0.39, 0.29) is 0 Å². The lowest BCUT2D eigenvalue weighted by molar-refractivity contribution is 0.0239. The van der Waals surface area contributed by atoms with Crippen LogP contribution in [-0.4, -0.2) is 18.1 Å². The Morgan fingerprint density at radius 2 is 2.00 bits per heavy atom. The van der Waals surface area contributed by atoms with Gasteiger partial charge in [-0.15, -0.1) is 0 Å². The maximum absolute atomic E-state index is 9.30. The molecule has 2 heterocycles. The van der Waals surface area contributed by atoms with E-state index in [9.17, 15) is 5.26 Å². The van der Waals surface area contributed by atoms with E-state index in [0.717, 1.165) is 36.7 Å². The summed E-state index contributed by atoms with van der Waals surface area (Å²) < 4.78 is 0. The Labute approximate surface area is 151 Å². The van der Waals surface area contributed by atoms with E-state index >= 15 is 0 Å². The van der Waals surface area contributed by atoms with Crippen LogP contribution in [0, 0.1) is 29.6 Å². The van der Waals surface area contributed by atoms with Crippen LogP contribution in [0.25, 0.3) is 0 Å². The predicted molar refractivity (Wildman–Crippen MR) is 103 cm³/mol. The van der Waals surface area contributed by atoms with Gasteiger partial charge in [0, 0.05) is 30.9 Å². The smallest absolute Gasteiger partial charge is 0.101 e. The van der Waals surface area contributed by atoms with E-state index in [1.54, 1.807) is 0 Å². The zero-order valence-corrected chi connectivity index (χ0v) is 15.5. The van der Waals surface area contributed by atoms with Crippen molar-refractivity contribution in [3.8, 4) is 6.07 Å². The van der Waals surface area contributed by atoms with Crippen LogP contribution in [0.3, 0.4) is 0 Å². The van der Waals surface area contributed by atoms with Crippen molar-refractivity contribution < 1.29 is 0 Å². The molecule has 0 amide bonds. The highest BCUT2D eigenvalue weighted by molar-refractivity contribution is 5.62. The van der Waals surface area contributed by atoms with Crippen molar-refractivity contribution in [3.63, 3.8) is 0 Å². The van der Waals surface area contributed by atoms with Gasteiger partial charge in [-0.3, -0.25) is 4.98 Å². The molecule has 0 radical (unpaired) electrons. The summed E-state index contributed by atoms with van der Waals surface area (Å²) in [5.41, 5.74) is 5.01. The number of pyridine rings is 1. The van der Waals surface area contributed by atoms with E-state index in [0.29, 0.717) is 5.41 Å². The molecule has 4 rings (SSSR count). The van der Waals surface area contributed by atoms with Gasteiger partial charge in [0.25, 0.3) is 0 Å². The molecule has 1 spiro atoms. The first-order valence-corrected chi connectivity index (χ1v) is 9.32. The number of hydrogen-bond acceptors (Lipinski definition) is 3. The van der Waals surface area contributed by atoms with Gasteiger partial charge in [0.2, 0.25) is 0 Å². The van der Waals surface area contributed by atoms with Crippen LogP contribution in [-0.2, 0) is 6.42 Å². The molecule has 0 unspecified atom stereocenters. The summed E-state index contributed by atoms with van der Waals surface area (Å²) in [4.78, 5) is 6.59. The fraction of sp³-hybridized carbons (Fsp3) is 0.455. The number of rotatable bonds is 3. The number of aromatic nitrogens is 1. The van der Waals surface area contributed by atoms with E-state index in [2.05, 4.69) is 35.0 Å². The predicted octanol–water partition coefficient (Wildman–Crippen LogP) is 4.75. The average molecular weight is 333 g/mol. The molecule has 1 saturated carbocycles. The Kier molecular flexibility index (Phi) is 5.08. The Hall–Kier alpha value is -2.34. The summed E-state index contributed by atoms with van der Waals surface area (Å²) in [6.45, 7) is 8.30. The summed E-state index contributed by atoms with van der Waals surface area (Å²) in [6.07, 6.45) is 7.61. The Morgan fingerprint density at radius 1 is 1.24 bits per heavy atom. The minimum absolute atomic E-state index is 0.503. The molecule has 0 atom stereocenters. The number of benzene rings is 1. The Balaban J connectivity index is 0.000000880. The summed E-state index contributed by atoms with van der Waals surface area (Å²) >= 11 is 0. The molecule has 2 fully saturated rings. The van der Waals surface area contributed by atoms with Crippen molar-refractivity contribution in [2.45, 2.75) is 40.0 Å². The van der Waals surface area contributed by atoms with Crippen LogP contribution in [0.4, 0.5) is 5.69 Å². The van der Waals surface area contributed by atoms with Gasteiger partial charge in [0.1, 0.15) is 6.07 Å². The molecule has 2 aromatic rings. The maximum Gasteiger partial charge on any atom is 0.101 e. The second-order valence-corrected chi connectivity index (χ2v) is 7.33. The largest absolute Gasteiger partial charge is 0.369 e. The summed E-state index contributed by atoms with van der Waals surface area (Å²) in [7, 11) is 0. The number of hydrogen-bond donors (Lipinski definition) is 0. The van der Waals surface area contributed by atoms with Gasteiger partial charge in [-0.05, 0) is 61.4 Å². The number of nitriles is 1. The van der Waals surface area contributed by atoms with E-state index in [4.69, 9.17) is 0 Å². The quantitative estimate of drug-likeness (QED) is 0.814. The molecule has 3 heteroatoms.